The van der Waals surface area contributed by atoms with Crippen LogP contribution in [0.5, 0.6) is 0 Å². The van der Waals surface area contributed by atoms with Crippen LogP contribution in [0.15, 0.2) is 70.6 Å². The first-order chi connectivity index (χ1) is 13.0. The van der Waals surface area contributed by atoms with E-state index < -0.39 is 0 Å². The predicted octanol–water partition coefficient (Wildman–Crippen LogP) is 8.31. The second kappa shape index (κ2) is 7.89. The molecule has 136 valence electrons. The third kappa shape index (κ3) is 3.90. The molecule has 0 unspecified atom stereocenters. The highest BCUT2D eigenvalue weighted by molar-refractivity contribution is 7.99. The Hall–Kier alpha value is -1.45. The van der Waals surface area contributed by atoms with E-state index in [9.17, 15) is 0 Å². The van der Waals surface area contributed by atoms with Crippen molar-refractivity contribution in [2.24, 2.45) is 4.99 Å². The third-order valence-corrected chi connectivity index (χ3v) is 6.95. The molecule has 3 aromatic rings. The van der Waals surface area contributed by atoms with Gasteiger partial charge in [-0.2, -0.15) is 0 Å². The van der Waals surface area contributed by atoms with Crippen LogP contribution in [-0.2, 0) is 0 Å². The SMILES string of the molecule is Cc1cc(C2=Nc3ccccc3S[C@@H](c3c(Cl)cccc3Cl)C2)ccc1Cl. The second-order valence-corrected chi connectivity index (χ2v) is 8.90. The summed E-state index contributed by atoms with van der Waals surface area (Å²) in [5, 5.41) is 2.20. The number of hydrogen-bond acceptors (Lipinski definition) is 2. The quantitative estimate of drug-likeness (QED) is 0.396. The van der Waals surface area contributed by atoms with Crippen molar-refractivity contribution >= 4 is 58.0 Å². The molecule has 1 atom stereocenters. The highest BCUT2D eigenvalue weighted by atomic mass is 35.5. The lowest BCUT2D eigenvalue weighted by atomic mass is 9.99. The van der Waals surface area contributed by atoms with Crippen LogP contribution in [0.25, 0.3) is 0 Å². The molecule has 0 N–H and O–H groups in total. The van der Waals surface area contributed by atoms with E-state index in [1.807, 2.05) is 55.5 Å². The summed E-state index contributed by atoms with van der Waals surface area (Å²) < 4.78 is 0. The van der Waals surface area contributed by atoms with Gasteiger partial charge in [-0.15, -0.1) is 11.8 Å². The van der Waals surface area contributed by atoms with Gasteiger partial charge in [0.1, 0.15) is 0 Å². The fourth-order valence-corrected chi connectivity index (χ4v) is 5.42. The molecule has 0 bridgehead atoms. The van der Waals surface area contributed by atoms with Crippen LogP contribution in [0.2, 0.25) is 15.1 Å². The molecule has 0 radical (unpaired) electrons. The van der Waals surface area contributed by atoms with Gasteiger partial charge < -0.3 is 0 Å². The summed E-state index contributed by atoms with van der Waals surface area (Å²) in [7, 11) is 0. The number of hydrogen-bond donors (Lipinski definition) is 0. The average molecular weight is 433 g/mol. The van der Waals surface area contributed by atoms with Gasteiger partial charge in [0.2, 0.25) is 0 Å². The van der Waals surface area contributed by atoms with E-state index in [1.54, 1.807) is 11.8 Å². The van der Waals surface area contributed by atoms with E-state index in [0.29, 0.717) is 10.0 Å². The lowest BCUT2D eigenvalue weighted by Gasteiger charge is -2.19. The first-order valence-corrected chi connectivity index (χ1v) is 10.6. The molecule has 1 heterocycles. The summed E-state index contributed by atoms with van der Waals surface area (Å²) >= 11 is 21.0. The molecule has 4 rings (SSSR count). The van der Waals surface area contributed by atoms with Crippen molar-refractivity contribution in [1.82, 2.24) is 0 Å². The largest absolute Gasteiger partial charge is 0.252 e. The molecular formula is C22H16Cl3NS. The molecule has 1 aliphatic rings. The van der Waals surface area contributed by atoms with Crippen molar-refractivity contribution in [3.8, 4) is 0 Å². The summed E-state index contributed by atoms with van der Waals surface area (Å²) in [4.78, 5) is 6.11. The van der Waals surface area contributed by atoms with Gasteiger partial charge in [-0.25, -0.2) is 0 Å². The smallest absolute Gasteiger partial charge is 0.0769 e. The maximum atomic E-state index is 6.53. The topological polar surface area (TPSA) is 12.4 Å². The molecular weight excluding hydrogens is 417 g/mol. The van der Waals surface area contributed by atoms with Crippen LogP contribution in [0, 0.1) is 6.92 Å². The van der Waals surface area contributed by atoms with Gasteiger partial charge in [0.15, 0.2) is 0 Å². The van der Waals surface area contributed by atoms with E-state index >= 15 is 0 Å². The van der Waals surface area contributed by atoms with Crippen molar-refractivity contribution < 1.29 is 0 Å². The van der Waals surface area contributed by atoms with Crippen LogP contribution in [0.1, 0.15) is 28.4 Å². The van der Waals surface area contributed by atoms with Crippen molar-refractivity contribution in [1.29, 1.82) is 0 Å². The minimum atomic E-state index is 0.0737. The van der Waals surface area contributed by atoms with Crippen LogP contribution in [0.3, 0.4) is 0 Å². The van der Waals surface area contributed by atoms with Crippen LogP contribution in [0.4, 0.5) is 5.69 Å². The van der Waals surface area contributed by atoms with E-state index in [-0.39, 0.29) is 5.25 Å². The average Bonchev–Trinajstić information content (AvgIpc) is 2.83. The van der Waals surface area contributed by atoms with Crippen LogP contribution < -0.4 is 0 Å². The number of rotatable bonds is 2. The molecule has 0 saturated carbocycles. The number of thioether (sulfide) groups is 1. The van der Waals surface area contributed by atoms with Gasteiger partial charge in [-0.05, 0) is 54.4 Å². The number of aryl methyl sites for hydroxylation is 1. The fourth-order valence-electron chi connectivity index (χ4n) is 3.20. The Labute approximate surface area is 178 Å². The summed E-state index contributed by atoms with van der Waals surface area (Å²) in [6.07, 6.45) is 0.726. The zero-order chi connectivity index (χ0) is 19.0. The third-order valence-electron chi connectivity index (χ3n) is 4.58. The predicted molar refractivity (Wildman–Crippen MR) is 119 cm³/mol. The molecule has 0 aliphatic carbocycles. The summed E-state index contributed by atoms with van der Waals surface area (Å²) in [6.45, 7) is 2.01. The van der Waals surface area contributed by atoms with Gasteiger partial charge >= 0.3 is 0 Å². The van der Waals surface area contributed by atoms with E-state index in [4.69, 9.17) is 39.8 Å². The van der Waals surface area contributed by atoms with E-state index in [0.717, 1.165) is 44.4 Å². The van der Waals surface area contributed by atoms with Gasteiger partial charge in [0, 0.05) is 42.9 Å². The Morgan fingerprint density at radius 2 is 1.63 bits per heavy atom. The highest BCUT2D eigenvalue weighted by Crippen LogP contribution is 2.49. The van der Waals surface area contributed by atoms with Crippen molar-refractivity contribution in [3.63, 3.8) is 0 Å². The Balaban J connectivity index is 1.85. The Morgan fingerprint density at radius 1 is 0.889 bits per heavy atom. The number of para-hydroxylation sites is 1. The molecule has 3 aromatic carbocycles. The molecule has 27 heavy (non-hydrogen) atoms. The van der Waals surface area contributed by atoms with Gasteiger partial charge in [-0.1, -0.05) is 59.1 Å². The first-order valence-electron chi connectivity index (χ1n) is 8.56. The standard InChI is InChI=1S/C22H16Cl3NS/c1-13-11-14(9-10-15(13)23)19-12-21(22-16(24)5-4-6-17(22)25)27-20-8-3-2-7-18(20)26-19/h2-11,21H,12H2,1H3/t21-/m1/s1. The molecule has 1 nitrogen and oxygen atoms in total. The number of fused-ring (bicyclic) bond motifs is 1. The Morgan fingerprint density at radius 3 is 2.37 bits per heavy atom. The second-order valence-electron chi connectivity index (χ2n) is 6.44. The molecule has 0 fully saturated rings. The number of nitrogens with zero attached hydrogens (tertiary/aromatic N) is 1. The summed E-state index contributed by atoms with van der Waals surface area (Å²) in [6, 6.07) is 19.9. The summed E-state index contributed by atoms with van der Waals surface area (Å²) in [5.74, 6) is 0. The van der Waals surface area contributed by atoms with Gasteiger partial charge in [0.25, 0.3) is 0 Å². The molecule has 0 saturated heterocycles. The maximum absolute atomic E-state index is 6.53. The van der Waals surface area contributed by atoms with Crippen molar-refractivity contribution in [3.05, 3.63) is 92.4 Å². The minimum Gasteiger partial charge on any atom is -0.252 e. The fraction of sp³-hybridized carbons (Fsp3) is 0.136. The van der Waals surface area contributed by atoms with Crippen LogP contribution >= 0.6 is 46.6 Å². The Bertz CT molecular complexity index is 1030. The summed E-state index contributed by atoms with van der Waals surface area (Å²) in [5.41, 5.74) is 5.04. The van der Waals surface area contributed by atoms with Crippen molar-refractivity contribution in [2.45, 2.75) is 23.5 Å². The number of halogens is 3. The molecule has 0 aromatic heterocycles. The maximum Gasteiger partial charge on any atom is 0.0769 e. The monoisotopic (exact) mass is 431 g/mol. The highest BCUT2D eigenvalue weighted by Gasteiger charge is 2.26. The first kappa shape index (κ1) is 18.9. The molecule has 0 spiro atoms. The molecule has 1 aliphatic heterocycles. The van der Waals surface area contributed by atoms with Gasteiger partial charge in [0.05, 0.1) is 5.69 Å². The van der Waals surface area contributed by atoms with Gasteiger partial charge in [-0.3, -0.25) is 4.99 Å². The number of aliphatic imine (C=N–C) groups is 1. The van der Waals surface area contributed by atoms with Crippen molar-refractivity contribution in [2.75, 3.05) is 0 Å². The molecule has 5 heteroatoms. The van der Waals surface area contributed by atoms with Crippen LogP contribution in [-0.4, -0.2) is 5.71 Å². The lowest BCUT2D eigenvalue weighted by Crippen LogP contribution is -2.06. The minimum absolute atomic E-state index is 0.0737. The zero-order valence-corrected chi connectivity index (χ0v) is 17.6. The Kier molecular flexibility index (Phi) is 5.52. The lowest BCUT2D eigenvalue weighted by molar-refractivity contribution is 1.01. The van der Waals surface area contributed by atoms with E-state index in [2.05, 4.69) is 12.1 Å². The normalized spacial score (nSPS) is 16.4. The van der Waals surface area contributed by atoms with E-state index in [1.165, 1.54) is 0 Å². The molecule has 0 amide bonds. The zero-order valence-electron chi connectivity index (χ0n) is 14.5. The number of benzene rings is 3.